The maximum atomic E-state index is 12.1. The van der Waals surface area contributed by atoms with E-state index in [9.17, 15) is 4.79 Å². The largest absolute Gasteiger partial charge is 0.289 e. The number of hydrogen-bond donors (Lipinski definition) is 2. The van der Waals surface area contributed by atoms with Crippen molar-refractivity contribution in [2.45, 2.75) is 17.8 Å². The van der Waals surface area contributed by atoms with Gasteiger partial charge in [0.1, 0.15) is 0 Å². The standard InChI is InChI=1S/C16H15NO2/c18-15(17-19)16(13-9-5-2-6-10-13)11-14(16)12-7-3-1-4-8-12/h1-10,14,19H,11H2,(H,17,18). The van der Waals surface area contributed by atoms with Gasteiger partial charge in [-0.05, 0) is 17.5 Å². The third-order valence-electron chi connectivity index (χ3n) is 3.96. The van der Waals surface area contributed by atoms with Crippen LogP contribution in [0.1, 0.15) is 23.5 Å². The molecular weight excluding hydrogens is 238 g/mol. The van der Waals surface area contributed by atoms with Gasteiger partial charge < -0.3 is 0 Å². The summed E-state index contributed by atoms with van der Waals surface area (Å²) in [6, 6.07) is 19.6. The van der Waals surface area contributed by atoms with Crippen molar-refractivity contribution in [3.8, 4) is 0 Å². The lowest BCUT2D eigenvalue weighted by atomic mass is 9.90. The molecule has 0 bridgehead atoms. The van der Waals surface area contributed by atoms with Crippen LogP contribution in [0.3, 0.4) is 0 Å². The van der Waals surface area contributed by atoms with Gasteiger partial charge in [0, 0.05) is 5.92 Å². The zero-order valence-corrected chi connectivity index (χ0v) is 10.4. The molecule has 3 heteroatoms. The third kappa shape index (κ3) is 1.83. The summed E-state index contributed by atoms with van der Waals surface area (Å²) in [4.78, 5) is 12.1. The van der Waals surface area contributed by atoms with E-state index in [-0.39, 0.29) is 11.8 Å². The first-order valence-corrected chi connectivity index (χ1v) is 6.34. The minimum Gasteiger partial charge on any atom is -0.289 e. The molecule has 2 aromatic carbocycles. The van der Waals surface area contributed by atoms with E-state index >= 15 is 0 Å². The molecule has 2 N–H and O–H groups in total. The maximum Gasteiger partial charge on any atom is 0.254 e. The van der Waals surface area contributed by atoms with Crippen LogP contribution in [0.25, 0.3) is 0 Å². The molecule has 1 saturated carbocycles. The first-order valence-electron chi connectivity index (χ1n) is 6.34. The number of hydroxylamine groups is 1. The van der Waals surface area contributed by atoms with Crippen LogP contribution in [0.2, 0.25) is 0 Å². The topological polar surface area (TPSA) is 49.3 Å². The Balaban J connectivity index is 2.01. The van der Waals surface area contributed by atoms with Gasteiger partial charge in [-0.25, -0.2) is 5.48 Å². The molecule has 2 unspecified atom stereocenters. The fraction of sp³-hybridized carbons (Fsp3) is 0.188. The zero-order valence-electron chi connectivity index (χ0n) is 10.4. The summed E-state index contributed by atoms with van der Waals surface area (Å²) in [5, 5.41) is 9.04. The van der Waals surface area contributed by atoms with Crippen molar-refractivity contribution in [2.24, 2.45) is 0 Å². The average Bonchev–Trinajstić information content (AvgIpc) is 3.25. The number of rotatable bonds is 3. The highest BCUT2D eigenvalue weighted by Gasteiger charge is 2.61. The molecule has 0 radical (unpaired) electrons. The van der Waals surface area contributed by atoms with Gasteiger partial charge in [0.2, 0.25) is 0 Å². The highest BCUT2D eigenvalue weighted by molar-refractivity contribution is 5.92. The summed E-state index contributed by atoms with van der Waals surface area (Å²) in [7, 11) is 0. The van der Waals surface area contributed by atoms with E-state index in [0.29, 0.717) is 0 Å². The quantitative estimate of drug-likeness (QED) is 0.652. The van der Waals surface area contributed by atoms with Gasteiger partial charge in [0.15, 0.2) is 0 Å². The van der Waals surface area contributed by atoms with Crippen molar-refractivity contribution in [1.82, 2.24) is 5.48 Å². The van der Waals surface area contributed by atoms with Crippen LogP contribution >= 0.6 is 0 Å². The molecule has 0 spiro atoms. The second kappa shape index (κ2) is 4.52. The molecule has 3 nitrogen and oxygen atoms in total. The van der Waals surface area contributed by atoms with Crippen molar-refractivity contribution in [3.05, 3.63) is 71.8 Å². The van der Waals surface area contributed by atoms with Gasteiger partial charge in [-0.2, -0.15) is 0 Å². The predicted molar refractivity (Wildman–Crippen MR) is 71.8 cm³/mol. The zero-order chi connectivity index (χ0) is 13.3. The number of carbonyl (C=O) groups is 1. The Labute approximate surface area is 111 Å². The summed E-state index contributed by atoms with van der Waals surface area (Å²) in [6.07, 6.45) is 0.730. The van der Waals surface area contributed by atoms with Gasteiger partial charge in [-0.1, -0.05) is 60.7 Å². The lowest BCUT2D eigenvalue weighted by Gasteiger charge is -2.16. The lowest BCUT2D eigenvalue weighted by molar-refractivity contribution is -0.132. The average molecular weight is 253 g/mol. The van der Waals surface area contributed by atoms with Gasteiger partial charge >= 0.3 is 0 Å². The maximum absolute atomic E-state index is 12.1. The summed E-state index contributed by atoms with van der Waals surface area (Å²) in [5.41, 5.74) is 3.29. The van der Waals surface area contributed by atoms with Crippen LogP contribution in [0.4, 0.5) is 0 Å². The van der Waals surface area contributed by atoms with E-state index in [4.69, 9.17) is 5.21 Å². The monoisotopic (exact) mass is 253 g/mol. The number of nitrogens with one attached hydrogen (secondary N) is 1. The molecule has 0 aliphatic heterocycles. The smallest absolute Gasteiger partial charge is 0.254 e. The fourth-order valence-corrected chi connectivity index (χ4v) is 2.89. The lowest BCUT2D eigenvalue weighted by Crippen LogP contribution is -2.33. The molecule has 3 rings (SSSR count). The molecule has 19 heavy (non-hydrogen) atoms. The first kappa shape index (κ1) is 11.9. The highest BCUT2D eigenvalue weighted by atomic mass is 16.5. The Bertz CT molecular complexity index is 582. The number of amides is 1. The Morgan fingerprint density at radius 3 is 2.21 bits per heavy atom. The second-order valence-electron chi connectivity index (χ2n) is 4.95. The summed E-state index contributed by atoms with van der Waals surface area (Å²) in [5.74, 6) is -0.198. The molecule has 1 amide bonds. The minimum atomic E-state index is -0.628. The molecule has 2 aromatic rings. The van der Waals surface area contributed by atoms with Crippen molar-refractivity contribution in [2.75, 3.05) is 0 Å². The Morgan fingerprint density at radius 2 is 1.63 bits per heavy atom. The number of benzene rings is 2. The molecule has 0 heterocycles. The van der Waals surface area contributed by atoms with Crippen LogP contribution in [-0.4, -0.2) is 11.1 Å². The van der Waals surface area contributed by atoms with Crippen LogP contribution in [0.15, 0.2) is 60.7 Å². The van der Waals surface area contributed by atoms with Crippen molar-refractivity contribution in [3.63, 3.8) is 0 Å². The molecule has 96 valence electrons. The first-order chi connectivity index (χ1) is 9.29. The normalized spacial score (nSPS) is 24.8. The SMILES string of the molecule is O=C(NO)C1(c2ccccc2)CC1c1ccccc1. The Morgan fingerprint density at radius 1 is 1.05 bits per heavy atom. The second-order valence-corrected chi connectivity index (χ2v) is 4.95. The summed E-state index contributed by atoms with van der Waals surface area (Å²) < 4.78 is 0. The summed E-state index contributed by atoms with van der Waals surface area (Å²) >= 11 is 0. The van der Waals surface area contributed by atoms with Crippen molar-refractivity contribution in [1.29, 1.82) is 0 Å². The van der Waals surface area contributed by atoms with Crippen LogP contribution < -0.4 is 5.48 Å². The molecule has 1 aliphatic carbocycles. The predicted octanol–water partition coefficient (Wildman–Crippen LogP) is 2.62. The molecular formula is C16H15NO2. The van der Waals surface area contributed by atoms with Crippen LogP contribution in [-0.2, 0) is 10.2 Å². The van der Waals surface area contributed by atoms with E-state index in [1.807, 2.05) is 66.1 Å². The third-order valence-corrected chi connectivity index (χ3v) is 3.96. The van der Waals surface area contributed by atoms with Gasteiger partial charge in [0.25, 0.3) is 5.91 Å². The molecule has 1 aliphatic rings. The van der Waals surface area contributed by atoms with Crippen molar-refractivity contribution < 1.29 is 10.0 Å². The molecule has 0 saturated heterocycles. The fourth-order valence-electron chi connectivity index (χ4n) is 2.89. The van der Waals surface area contributed by atoms with E-state index in [1.165, 1.54) is 0 Å². The summed E-state index contributed by atoms with van der Waals surface area (Å²) in [6.45, 7) is 0. The van der Waals surface area contributed by atoms with E-state index in [0.717, 1.165) is 17.5 Å². The van der Waals surface area contributed by atoms with Gasteiger partial charge in [-0.3, -0.25) is 10.0 Å². The van der Waals surface area contributed by atoms with Crippen LogP contribution in [0.5, 0.6) is 0 Å². The molecule has 2 atom stereocenters. The number of hydrogen-bond acceptors (Lipinski definition) is 2. The molecule has 0 aromatic heterocycles. The van der Waals surface area contributed by atoms with Crippen molar-refractivity contribution >= 4 is 5.91 Å². The van der Waals surface area contributed by atoms with Gasteiger partial charge in [0.05, 0.1) is 5.41 Å². The van der Waals surface area contributed by atoms with E-state index in [2.05, 4.69) is 0 Å². The Hall–Kier alpha value is -2.13. The highest BCUT2D eigenvalue weighted by Crippen LogP contribution is 2.60. The molecule has 1 fully saturated rings. The Kier molecular flexibility index (Phi) is 2.84. The number of carbonyl (C=O) groups excluding carboxylic acids is 1. The van der Waals surface area contributed by atoms with E-state index < -0.39 is 5.41 Å². The minimum absolute atomic E-state index is 0.128. The van der Waals surface area contributed by atoms with Gasteiger partial charge in [-0.15, -0.1) is 0 Å². The van der Waals surface area contributed by atoms with Crippen LogP contribution in [0, 0.1) is 0 Å². The van der Waals surface area contributed by atoms with E-state index in [1.54, 1.807) is 0 Å².